The third kappa shape index (κ3) is 5.19. The van der Waals surface area contributed by atoms with E-state index in [1.165, 1.54) is 0 Å². The Morgan fingerprint density at radius 3 is 2.28 bits per heavy atom. The van der Waals surface area contributed by atoms with Crippen LogP contribution in [-0.2, 0) is 4.79 Å². The second-order valence-corrected chi connectivity index (χ2v) is 6.35. The second-order valence-electron chi connectivity index (χ2n) is 6.35. The van der Waals surface area contributed by atoms with Gasteiger partial charge in [-0.3, -0.25) is 4.79 Å². The fourth-order valence-corrected chi connectivity index (χ4v) is 2.83. The molecule has 0 aliphatic rings. The third-order valence-corrected chi connectivity index (χ3v) is 4.32. The molecule has 0 saturated heterocycles. The number of amides is 1. The molecule has 0 heterocycles. The molecular weight excluding hydrogens is 368 g/mol. The molecule has 0 saturated carbocycles. The van der Waals surface area contributed by atoms with Crippen LogP contribution in [0.15, 0.2) is 72.8 Å². The molecule has 3 aromatic carbocycles. The van der Waals surface area contributed by atoms with Crippen LogP contribution in [0.3, 0.4) is 0 Å². The molecule has 6 nitrogen and oxygen atoms in total. The largest absolute Gasteiger partial charge is 0.493 e. The van der Waals surface area contributed by atoms with Crippen molar-refractivity contribution in [2.45, 2.75) is 0 Å². The molecule has 0 fully saturated rings. The van der Waals surface area contributed by atoms with E-state index in [4.69, 9.17) is 14.2 Å². The van der Waals surface area contributed by atoms with Crippen LogP contribution in [0.25, 0.3) is 0 Å². The highest BCUT2D eigenvalue weighted by atomic mass is 16.5. The summed E-state index contributed by atoms with van der Waals surface area (Å²) in [7, 11) is 5.01. The zero-order valence-electron chi connectivity index (χ0n) is 16.7. The first kappa shape index (κ1) is 20.1. The van der Waals surface area contributed by atoms with E-state index in [2.05, 4.69) is 5.32 Å². The van der Waals surface area contributed by atoms with Crippen LogP contribution in [0.4, 0.5) is 11.4 Å². The molecule has 0 atom stereocenters. The van der Waals surface area contributed by atoms with E-state index >= 15 is 0 Å². The van der Waals surface area contributed by atoms with E-state index in [1.54, 1.807) is 14.2 Å². The molecule has 1 N–H and O–H groups in total. The highest BCUT2D eigenvalue weighted by molar-refractivity contribution is 5.95. The number of ether oxygens (including phenoxy) is 3. The quantitative estimate of drug-likeness (QED) is 0.608. The molecule has 0 aromatic heterocycles. The lowest BCUT2D eigenvalue weighted by atomic mass is 10.2. The lowest BCUT2D eigenvalue weighted by molar-refractivity contribution is -0.114. The summed E-state index contributed by atoms with van der Waals surface area (Å²) in [5, 5.41) is 2.92. The number of para-hydroxylation sites is 3. The van der Waals surface area contributed by atoms with Crippen molar-refractivity contribution in [1.29, 1.82) is 0 Å². The second kappa shape index (κ2) is 9.50. The van der Waals surface area contributed by atoms with Gasteiger partial charge in [-0.15, -0.1) is 0 Å². The van der Waals surface area contributed by atoms with Crippen molar-refractivity contribution in [1.82, 2.24) is 0 Å². The topological polar surface area (TPSA) is 60.0 Å². The van der Waals surface area contributed by atoms with Crippen LogP contribution < -0.4 is 24.4 Å². The number of carbonyl (C=O) groups is 1. The summed E-state index contributed by atoms with van der Waals surface area (Å²) in [5.74, 6) is 2.38. The zero-order valence-corrected chi connectivity index (χ0v) is 16.7. The standard InChI is InChI=1S/C23H24N2O4/c1-25(17-13-14-21(27-2)22(15-17)28-3)16-23(26)24-19-11-7-8-12-20(19)29-18-9-5-4-6-10-18/h4-15H,16H2,1-3H3,(H,24,26). The Morgan fingerprint density at radius 1 is 0.862 bits per heavy atom. The molecular formula is C23H24N2O4. The van der Waals surface area contributed by atoms with Gasteiger partial charge in [-0.25, -0.2) is 0 Å². The zero-order chi connectivity index (χ0) is 20.6. The Bertz CT molecular complexity index is 960. The van der Waals surface area contributed by atoms with E-state index < -0.39 is 0 Å². The smallest absolute Gasteiger partial charge is 0.243 e. The van der Waals surface area contributed by atoms with E-state index in [1.807, 2.05) is 84.7 Å². The van der Waals surface area contributed by atoms with Crippen molar-refractivity contribution in [2.75, 3.05) is 38.0 Å². The fourth-order valence-electron chi connectivity index (χ4n) is 2.83. The molecule has 0 radical (unpaired) electrons. The van der Waals surface area contributed by atoms with Gasteiger partial charge in [0, 0.05) is 18.8 Å². The highest BCUT2D eigenvalue weighted by Gasteiger charge is 2.13. The van der Waals surface area contributed by atoms with E-state index in [-0.39, 0.29) is 12.5 Å². The first-order chi connectivity index (χ1) is 14.1. The minimum atomic E-state index is -0.161. The first-order valence-corrected chi connectivity index (χ1v) is 9.15. The number of nitrogens with one attached hydrogen (secondary N) is 1. The van der Waals surface area contributed by atoms with Crippen molar-refractivity contribution in [3.05, 3.63) is 72.8 Å². The molecule has 0 bridgehead atoms. The van der Waals surface area contributed by atoms with Crippen molar-refractivity contribution >= 4 is 17.3 Å². The summed E-state index contributed by atoms with van der Waals surface area (Å²) >= 11 is 0. The predicted octanol–water partition coefficient (Wildman–Crippen LogP) is 4.57. The highest BCUT2D eigenvalue weighted by Crippen LogP contribution is 2.31. The van der Waals surface area contributed by atoms with Crippen molar-refractivity contribution in [2.24, 2.45) is 0 Å². The number of rotatable bonds is 8. The maximum Gasteiger partial charge on any atom is 0.243 e. The molecule has 29 heavy (non-hydrogen) atoms. The van der Waals surface area contributed by atoms with Gasteiger partial charge in [0.25, 0.3) is 0 Å². The van der Waals surface area contributed by atoms with E-state index in [0.29, 0.717) is 28.7 Å². The summed E-state index contributed by atoms with van der Waals surface area (Å²) in [5.41, 5.74) is 1.45. The molecule has 0 aliphatic heterocycles. The molecule has 6 heteroatoms. The maximum absolute atomic E-state index is 12.6. The lowest BCUT2D eigenvalue weighted by Crippen LogP contribution is -2.30. The molecule has 0 aliphatic carbocycles. The van der Waals surface area contributed by atoms with Gasteiger partial charge in [0.05, 0.1) is 26.5 Å². The van der Waals surface area contributed by atoms with Gasteiger partial charge < -0.3 is 24.4 Å². The molecule has 150 valence electrons. The van der Waals surface area contributed by atoms with Crippen LogP contribution in [-0.4, -0.2) is 33.7 Å². The van der Waals surface area contributed by atoms with Gasteiger partial charge in [-0.2, -0.15) is 0 Å². The number of methoxy groups -OCH3 is 2. The molecule has 1 amide bonds. The van der Waals surface area contributed by atoms with Crippen LogP contribution >= 0.6 is 0 Å². The summed E-state index contributed by atoms with van der Waals surface area (Å²) in [4.78, 5) is 14.4. The number of carbonyl (C=O) groups excluding carboxylic acids is 1. The minimum Gasteiger partial charge on any atom is -0.493 e. The van der Waals surface area contributed by atoms with Gasteiger partial charge >= 0.3 is 0 Å². The van der Waals surface area contributed by atoms with Crippen molar-refractivity contribution in [3.8, 4) is 23.0 Å². The molecule has 0 unspecified atom stereocenters. The molecule has 0 spiro atoms. The van der Waals surface area contributed by atoms with Crippen molar-refractivity contribution < 1.29 is 19.0 Å². The van der Waals surface area contributed by atoms with Crippen LogP contribution in [0.2, 0.25) is 0 Å². The summed E-state index contributed by atoms with van der Waals surface area (Å²) in [6.45, 7) is 0.162. The Morgan fingerprint density at radius 2 is 1.55 bits per heavy atom. The number of anilines is 2. The number of hydrogen-bond donors (Lipinski definition) is 1. The Balaban J connectivity index is 1.68. The lowest BCUT2D eigenvalue weighted by Gasteiger charge is -2.20. The molecule has 3 aromatic rings. The predicted molar refractivity (Wildman–Crippen MR) is 114 cm³/mol. The summed E-state index contributed by atoms with van der Waals surface area (Å²) in [6.07, 6.45) is 0. The average molecular weight is 392 g/mol. The summed E-state index contributed by atoms with van der Waals surface area (Å²) in [6, 6.07) is 22.3. The number of likely N-dealkylation sites (N-methyl/N-ethyl adjacent to an activating group) is 1. The van der Waals surface area contributed by atoms with Gasteiger partial charge in [0.15, 0.2) is 17.2 Å². The van der Waals surface area contributed by atoms with E-state index in [0.717, 1.165) is 5.69 Å². The number of benzene rings is 3. The SMILES string of the molecule is COc1ccc(N(C)CC(=O)Nc2ccccc2Oc2ccccc2)cc1OC. The van der Waals surface area contributed by atoms with E-state index in [9.17, 15) is 4.79 Å². The monoisotopic (exact) mass is 392 g/mol. The Hall–Kier alpha value is -3.67. The molecule has 3 rings (SSSR count). The minimum absolute atomic E-state index is 0.161. The fraction of sp³-hybridized carbons (Fsp3) is 0.174. The number of hydrogen-bond acceptors (Lipinski definition) is 5. The van der Waals surface area contributed by atoms with Crippen LogP contribution in [0, 0.1) is 0 Å². The summed E-state index contributed by atoms with van der Waals surface area (Å²) < 4.78 is 16.5. The van der Waals surface area contributed by atoms with Gasteiger partial charge in [-0.1, -0.05) is 30.3 Å². The van der Waals surface area contributed by atoms with Crippen molar-refractivity contribution in [3.63, 3.8) is 0 Å². The van der Waals surface area contributed by atoms with Gasteiger partial charge in [0.2, 0.25) is 5.91 Å². The van der Waals surface area contributed by atoms with Crippen LogP contribution in [0.5, 0.6) is 23.0 Å². The Kier molecular flexibility index (Phi) is 6.58. The average Bonchev–Trinajstić information content (AvgIpc) is 2.75. The third-order valence-electron chi connectivity index (χ3n) is 4.32. The number of nitrogens with zero attached hydrogens (tertiary/aromatic N) is 1. The first-order valence-electron chi connectivity index (χ1n) is 9.15. The van der Waals surface area contributed by atoms with Gasteiger partial charge in [0.1, 0.15) is 5.75 Å². The van der Waals surface area contributed by atoms with Gasteiger partial charge in [-0.05, 0) is 36.4 Å². The van der Waals surface area contributed by atoms with Crippen LogP contribution in [0.1, 0.15) is 0 Å². The maximum atomic E-state index is 12.6. The Labute approximate surface area is 170 Å². The normalized spacial score (nSPS) is 10.2.